The van der Waals surface area contributed by atoms with Gasteiger partial charge in [0.1, 0.15) is 11.5 Å². The van der Waals surface area contributed by atoms with E-state index < -0.39 is 11.7 Å². The van der Waals surface area contributed by atoms with Crippen LogP contribution in [0.25, 0.3) is 16.7 Å². The van der Waals surface area contributed by atoms with Crippen LogP contribution >= 0.6 is 0 Å². The number of aryl methyl sites for hydroxylation is 1. The summed E-state index contributed by atoms with van der Waals surface area (Å²) >= 11 is 0. The molecular weight excluding hydrogens is 427 g/mol. The van der Waals surface area contributed by atoms with Gasteiger partial charge in [0.15, 0.2) is 11.4 Å². The smallest absolute Gasteiger partial charge is 0.274 e. The molecule has 2 aromatic carbocycles. The molecule has 10 heteroatoms. The summed E-state index contributed by atoms with van der Waals surface area (Å²) in [5, 5.41) is 11.6. The Balaban J connectivity index is 1.44. The van der Waals surface area contributed by atoms with E-state index in [2.05, 4.69) is 15.6 Å². The topological polar surface area (TPSA) is 111 Å². The van der Waals surface area contributed by atoms with Gasteiger partial charge in [0.2, 0.25) is 0 Å². The summed E-state index contributed by atoms with van der Waals surface area (Å²) < 4.78 is 26.8. The minimum absolute atomic E-state index is 0.0986. The quantitative estimate of drug-likeness (QED) is 0.479. The Bertz CT molecular complexity index is 1330. The molecule has 1 aliphatic rings. The molecule has 5 rings (SSSR count). The molecule has 170 valence electrons. The third kappa shape index (κ3) is 4.00. The van der Waals surface area contributed by atoms with Gasteiger partial charge in [0, 0.05) is 18.8 Å². The zero-order chi connectivity index (χ0) is 22.9. The van der Waals surface area contributed by atoms with E-state index in [1.807, 2.05) is 11.8 Å². The molecule has 1 amide bonds. The van der Waals surface area contributed by atoms with Gasteiger partial charge in [-0.15, -0.1) is 0 Å². The van der Waals surface area contributed by atoms with Crippen molar-refractivity contribution in [2.75, 3.05) is 42.3 Å². The Labute approximate surface area is 188 Å². The van der Waals surface area contributed by atoms with Crippen molar-refractivity contribution in [1.29, 1.82) is 0 Å². The molecular formula is C23H23FN6O3. The van der Waals surface area contributed by atoms with E-state index in [9.17, 15) is 9.18 Å². The van der Waals surface area contributed by atoms with E-state index in [4.69, 9.17) is 15.0 Å². The van der Waals surface area contributed by atoms with E-state index in [1.165, 1.54) is 10.7 Å². The number of aromatic nitrogens is 3. The van der Waals surface area contributed by atoms with Crippen LogP contribution in [-0.4, -0.2) is 47.1 Å². The Kier molecular flexibility index (Phi) is 5.43. The normalized spacial score (nSPS) is 14.1. The van der Waals surface area contributed by atoms with Gasteiger partial charge in [-0.2, -0.15) is 5.10 Å². The van der Waals surface area contributed by atoms with Crippen molar-refractivity contribution in [1.82, 2.24) is 14.9 Å². The molecule has 9 nitrogen and oxygen atoms in total. The summed E-state index contributed by atoms with van der Waals surface area (Å²) in [6.45, 7) is 4.56. The van der Waals surface area contributed by atoms with E-state index in [1.54, 1.807) is 36.4 Å². The number of nitrogen functional groups attached to an aromatic ring is 1. The third-order valence-corrected chi connectivity index (χ3v) is 5.66. The first-order chi connectivity index (χ1) is 16.0. The largest absolute Gasteiger partial charge is 0.380 e. The highest BCUT2D eigenvalue weighted by Crippen LogP contribution is 2.26. The Morgan fingerprint density at radius 3 is 2.70 bits per heavy atom. The van der Waals surface area contributed by atoms with Crippen molar-refractivity contribution in [3.8, 4) is 5.69 Å². The van der Waals surface area contributed by atoms with Gasteiger partial charge < -0.3 is 25.2 Å². The zero-order valence-electron chi connectivity index (χ0n) is 18.0. The number of amides is 1. The van der Waals surface area contributed by atoms with Crippen molar-refractivity contribution >= 4 is 34.1 Å². The van der Waals surface area contributed by atoms with Gasteiger partial charge in [-0.1, -0.05) is 12.1 Å². The Morgan fingerprint density at radius 2 is 1.94 bits per heavy atom. The zero-order valence-corrected chi connectivity index (χ0v) is 18.0. The van der Waals surface area contributed by atoms with Crippen LogP contribution in [0.5, 0.6) is 0 Å². The number of carbonyl (C=O) groups excluding carboxylic acids is 1. The summed E-state index contributed by atoms with van der Waals surface area (Å²) in [4.78, 5) is 15.2. The van der Waals surface area contributed by atoms with Crippen LogP contribution in [0.1, 0.15) is 23.1 Å². The predicted molar refractivity (Wildman–Crippen MR) is 122 cm³/mol. The molecule has 4 aromatic rings. The maximum Gasteiger partial charge on any atom is 0.274 e. The summed E-state index contributed by atoms with van der Waals surface area (Å²) in [6.07, 6.45) is 0.632. The van der Waals surface area contributed by atoms with E-state index in [0.717, 1.165) is 11.4 Å². The lowest BCUT2D eigenvalue weighted by Crippen LogP contribution is -2.36. The summed E-state index contributed by atoms with van der Waals surface area (Å²) in [5.74, 6) is -0.727. The van der Waals surface area contributed by atoms with Crippen LogP contribution in [0.4, 0.5) is 21.6 Å². The molecule has 3 heterocycles. The van der Waals surface area contributed by atoms with Gasteiger partial charge >= 0.3 is 0 Å². The van der Waals surface area contributed by atoms with Crippen LogP contribution in [0.3, 0.4) is 0 Å². The lowest BCUT2D eigenvalue weighted by atomic mass is 10.2. The van der Waals surface area contributed by atoms with Gasteiger partial charge in [-0.3, -0.25) is 4.79 Å². The lowest BCUT2D eigenvalue weighted by molar-refractivity contribution is 0.101. The average Bonchev–Trinajstić information content (AvgIpc) is 3.44. The Hall–Kier alpha value is -3.92. The highest BCUT2D eigenvalue weighted by molar-refractivity contribution is 6.04. The molecule has 0 unspecified atom stereocenters. The molecule has 0 aliphatic carbocycles. The molecule has 2 aromatic heterocycles. The van der Waals surface area contributed by atoms with E-state index >= 15 is 0 Å². The van der Waals surface area contributed by atoms with Crippen molar-refractivity contribution in [3.63, 3.8) is 0 Å². The molecule has 1 fully saturated rings. The molecule has 0 spiro atoms. The second kappa shape index (κ2) is 8.55. The Morgan fingerprint density at radius 1 is 1.15 bits per heavy atom. The highest BCUT2D eigenvalue weighted by atomic mass is 19.1. The first-order valence-electron chi connectivity index (χ1n) is 10.7. The van der Waals surface area contributed by atoms with Crippen molar-refractivity contribution in [2.24, 2.45) is 0 Å². The number of halogens is 1. The molecule has 0 bridgehead atoms. The molecule has 0 atom stereocenters. The number of ether oxygens (including phenoxy) is 1. The van der Waals surface area contributed by atoms with Crippen LogP contribution < -0.4 is 16.0 Å². The number of rotatable bonds is 5. The minimum Gasteiger partial charge on any atom is -0.380 e. The van der Waals surface area contributed by atoms with Crippen LogP contribution in [-0.2, 0) is 11.2 Å². The predicted octanol–water partition coefficient (Wildman–Crippen LogP) is 3.39. The molecule has 33 heavy (non-hydrogen) atoms. The molecule has 0 saturated carbocycles. The number of nitrogens with one attached hydrogen (secondary N) is 1. The number of hydrogen-bond donors (Lipinski definition) is 2. The summed E-state index contributed by atoms with van der Waals surface area (Å²) in [7, 11) is 0. The monoisotopic (exact) mass is 450 g/mol. The third-order valence-electron chi connectivity index (χ3n) is 5.66. The summed E-state index contributed by atoms with van der Waals surface area (Å²) in [6, 6.07) is 11.7. The number of anilines is 3. The van der Waals surface area contributed by atoms with Crippen molar-refractivity contribution in [3.05, 3.63) is 59.7 Å². The maximum absolute atomic E-state index is 14.8. The van der Waals surface area contributed by atoms with Crippen LogP contribution in [0, 0.1) is 5.82 Å². The standard InChI is InChI=1S/C23H23FN6O3/c1-2-14-11-20(30(27-14)16-4-6-21-17(12-16)22(25)28-33-21)23(31)26-19-5-3-15(13-18(19)24)29-7-9-32-10-8-29/h3-6,11-13H,2,7-10H2,1H3,(H2,25,28)(H,26,31). The molecule has 0 radical (unpaired) electrons. The van der Waals surface area contributed by atoms with Crippen LogP contribution in [0.2, 0.25) is 0 Å². The van der Waals surface area contributed by atoms with Gasteiger partial charge in [-0.05, 0) is 48.9 Å². The van der Waals surface area contributed by atoms with Crippen molar-refractivity contribution in [2.45, 2.75) is 13.3 Å². The minimum atomic E-state index is -0.507. The van der Waals surface area contributed by atoms with Crippen molar-refractivity contribution < 1.29 is 18.4 Å². The number of nitrogens with zero attached hydrogens (tertiary/aromatic N) is 4. The first-order valence-corrected chi connectivity index (χ1v) is 10.7. The second-order valence-corrected chi connectivity index (χ2v) is 7.75. The highest BCUT2D eigenvalue weighted by Gasteiger charge is 2.20. The maximum atomic E-state index is 14.8. The van der Waals surface area contributed by atoms with Gasteiger partial charge in [-0.25, -0.2) is 9.07 Å². The van der Waals surface area contributed by atoms with Crippen LogP contribution in [0.15, 0.2) is 47.0 Å². The molecule has 1 aliphatic heterocycles. The molecule has 1 saturated heterocycles. The number of hydrogen-bond acceptors (Lipinski definition) is 7. The number of fused-ring (bicyclic) bond motifs is 1. The van der Waals surface area contributed by atoms with E-state index in [0.29, 0.717) is 49.4 Å². The number of nitrogens with two attached hydrogens (primary N) is 1. The fourth-order valence-corrected chi connectivity index (χ4v) is 3.85. The summed E-state index contributed by atoms with van der Waals surface area (Å²) in [5.41, 5.74) is 8.88. The van der Waals surface area contributed by atoms with Gasteiger partial charge in [0.25, 0.3) is 5.91 Å². The lowest BCUT2D eigenvalue weighted by Gasteiger charge is -2.29. The SMILES string of the molecule is CCc1cc(C(=O)Nc2ccc(N3CCOCC3)cc2F)n(-c2ccc3onc(N)c3c2)n1. The fraction of sp³-hybridized carbons (Fsp3) is 0.261. The molecule has 3 N–H and O–H groups in total. The number of benzene rings is 2. The number of morpholine rings is 1. The average molecular weight is 450 g/mol. The first kappa shape index (κ1) is 21.0. The fourth-order valence-electron chi connectivity index (χ4n) is 3.85. The second-order valence-electron chi connectivity index (χ2n) is 7.75. The van der Waals surface area contributed by atoms with Gasteiger partial charge in [0.05, 0.1) is 35.7 Å². The number of carbonyl (C=O) groups is 1. The van der Waals surface area contributed by atoms with E-state index in [-0.39, 0.29) is 17.2 Å².